The summed E-state index contributed by atoms with van der Waals surface area (Å²) in [6, 6.07) is 13.5. The molecular formula is C19H19BrN2O5. The topological polar surface area (TPSA) is 108 Å². The van der Waals surface area contributed by atoms with Gasteiger partial charge in [-0.25, -0.2) is 10.3 Å². The van der Waals surface area contributed by atoms with Crippen LogP contribution in [0.2, 0.25) is 0 Å². The number of phenols is 1. The van der Waals surface area contributed by atoms with Gasteiger partial charge in [0.1, 0.15) is 11.9 Å². The molecule has 2 amide bonds. The second-order valence-electron chi connectivity index (χ2n) is 5.71. The number of para-hydroxylation sites is 1. The molecule has 0 aliphatic heterocycles. The van der Waals surface area contributed by atoms with Gasteiger partial charge in [0.2, 0.25) is 0 Å². The normalized spacial score (nSPS) is 13.0. The van der Waals surface area contributed by atoms with E-state index in [0.29, 0.717) is 15.7 Å². The number of carbonyl (C=O) groups is 2. The zero-order valence-corrected chi connectivity index (χ0v) is 16.0. The van der Waals surface area contributed by atoms with Crippen LogP contribution >= 0.6 is 15.9 Å². The van der Waals surface area contributed by atoms with E-state index in [2.05, 4.69) is 21.2 Å². The first-order chi connectivity index (χ1) is 12.9. The predicted octanol–water partition coefficient (Wildman–Crippen LogP) is 4.14. The Hall–Kier alpha value is -2.84. The lowest BCUT2D eigenvalue weighted by molar-refractivity contribution is -0.124. The summed E-state index contributed by atoms with van der Waals surface area (Å²) in [5.74, 6) is -1.25. The third-order valence-corrected chi connectivity index (χ3v) is 4.18. The molecule has 8 heteroatoms. The highest BCUT2D eigenvalue weighted by molar-refractivity contribution is 9.10. The fourth-order valence-corrected chi connectivity index (χ4v) is 2.75. The second kappa shape index (κ2) is 9.75. The Morgan fingerprint density at radius 1 is 1.19 bits per heavy atom. The third-order valence-electron chi connectivity index (χ3n) is 3.69. The lowest BCUT2D eigenvalue weighted by Gasteiger charge is -2.23. The number of amides is 2. The number of carbonyl (C=O) groups excluding carboxylic acids is 2. The summed E-state index contributed by atoms with van der Waals surface area (Å²) >= 11 is 3.32. The number of ether oxygens (including phenoxy) is 1. The first kappa shape index (κ1) is 20.5. The van der Waals surface area contributed by atoms with Gasteiger partial charge >= 0.3 is 6.09 Å². The van der Waals surface area contributed by atoms with Crippen molar-refractivity contribution in [3.63, 3.8) is 0 Å². The number of benzene rings is 2. The minimum absolute atomic E-state index is 0.0532. The quantitative estimate of drug-likeness (QED) is 0.310. The van der Waals surface area contributed by atoms with Gasteiger partial charge in [-0.2, -0.15) is 0 Å². The molecule has 0 fully saturated rings. The highest BCUT2D eigenvalue weighted by Gasteiger charge is 2.25. The van der Waals surface area contributed by atoms with E-state index in [9.17, 15) is 14.7 Å². The number of phenolic OH excluding ortho intramolecular Hbond substituents is 1. The summed E-state index contributed by atoms with van der Waals surface area (Å²) in [6.07, 6.45) is 0.990. The number of hydroxylamine groups is 1. The third kappa shape index (κ3) is 6.12. The molecule has 27 heavy (non-hydrogen) atoms. The first-order valence-electron chi connectivity index (χ1n) is 8.04. The Kier molecular flexibility index (Phi) is 7.39. The van der Waals surface area contributed by atoms with Gasteiger partial charge in [0, 0.05) is 27.7 Å². The predicted molar refractivity (Wildman–Crippen MR) is 103 cm³/mol. The summed E-state index contributed by atoms with van der Waals surface area (Å²) in [5.41, 5.74) is 2.42. The molecule has 0 bridgehead atoms. The van der Waals surface area contributed by atoms with Gasteiger partial charge in [0.25, 0.3) is 5.91 Å². The van der Waals surface area contributed by atoms with Gasteiger partial charge in [0.15, 0.2) is 0 Å². The van der Waals surface area contributed by atoms with E-state index in [1.165, 1.54) is 17.6 Å². The molecule has 7 nitrogen and oxygen atoms in total. The molecule has 0 saturated carbocycles. The molecule has 2 atom stereocenters. The van der Waals surface area contributed by atoms with Crippen LogP contribution < -0.4 is 10.8 Å². The minimum Gasteiger partial charge on any atom is -0.508 e. The van der Waals surface area contributed by atoms with Crippen molar-refractivity contribution in [1.82, 2.24) is 5.48 Å². The lowest BCUT2D eigenvalue weighted by Crippen LogP contribution is -2.22. The molecule has 0 heterocycles. The molecule has 0 unspecified atom stereocenters. The van der Waals surface area contributed by atoms with E-state index in [1.54, 1.807) is 43.3 Å². The fourth-order valence-electron chi connectivity index (χ4n) is 2.37. The van der Waals surface area contributed by atoms with E-state index in [-0.39, 0.29) is 5.75 Å². The minimum atomic E-state index is -0.881. The van der Waals surface area contributed by atoms with Crippen molar-refractivity contribution < 1.29 is 24.6 Å². The molecule has 0 saturated heterocycles. The van der Waals surface area contributed by atoms with Crippen molar-refractivity contribution in [2.75, 3.05) is 5.32 Å². The largest absolute Gasteiger partial charge is 0.508 e. The van der Waals surface area contributed by atoms with Crippen molar-refractivity contribution in [2.24, 2.45) is 5.92 Å². The van der Waals surface area contributed by atoms with E-state index in [0.717, 1.165) is 6.08 Å². The van der Waals surface area contributed by atoms with Gasteiger partial charge in [0.05, 0.1) is 0 Å². The van der Waals surface area contributed by atoms with Crippen molar-refractivity contribution in [1.29, 1.82) is 0 Å². The van der Waals surface area contributed by atoms with Crippen molar-refractivity contribution in [3.8, 4) is 5.75 Å². The van der Waals surface area contributed by atoms with Gasteiger partial charge in [-0.05, 0) is 30.3 Å². The highest BCUT2D eigenvalue weighted by Crippen LogP contribution is 2.35. The van der Waals surface area contributed by atoms with Gasteiger partial charge in [-0.1, -0.05) is 47.1 Å². The Morgan fingerprint density at radius 3 is 2.56 bits per heavy atom. The van der Waals surface area contributed by atoms with Gasteiger partial charge in [-0.15, -0.1) is 0 Å². The van der Waals surface area contributed by atoms with E-state index >= 15 is 0 Å². The number of halogens is 1. The van der Waals surface area contributed by atoms with Gasteiger partial charge < -0.3 is 9.84 Å². The van der Waals surface area contributed by atoms with Crippen LogP contribution in [0.3, 0.4) is 0 Å². The van der Waals surface area contributed by atoms with Gasteiger partial charge in [-0.3, -0.25) is 15.3 Å². The first-order valence-corrected chi connectivity index (χ1v) is 8.83. The zero-order valence-electron chi connectivity index (χ0n) is 14.4. The standard InChI is InChI=1S/C19H19BrN2O5/c1-12(7-10-17(24)22-26)18(15-11-13(20)8-9-16(15)23)27-19(25)21-14-5-3-2-4-6-14/h2-12,18,23,26H,1H3,(H,21,25)(H,22,24)/b10-7+/t12-,18-/m0/s1. The Labute approximate surface area is 164 Å². The van der Waals surface area contributed by atoms with Crippen molar-refractivity contribution in [3.05, 3.63) is 70.7 Å². The van der Waals surface area contributed by atoms with Crippen LogP contribution in [0, 0.1) is 5.92 Å². The Bertz CT molecular complexity index is 826. The molecule has 2 aromatic carbocycles. The summed E-state index contributed by atoms with van der Waals surface area (Å²) in [5, 5.41) is 21.4. The van der Waals surface area contributed by atoms with Crippen molar-refractivity contribution in [2.45, 2.75) is 13.0 Å². The van der Waals surface area contributed by atoms with Crippen LogP contribution in [0.25, 0.3) is 0 Å². The number of anilines is 1. The molecular weight excluding hydrogens is 416 g/mol. The number of aromatic hydroxyl groups is 1. The fraction of sp³-hybridized carbons (Fsp3) is 0.158. The molecule has 4 N–H and O–H groups in total. The van der Waals surface area contributed by atoms with E-state index in [1.807, 2.05) is 6.07 Å². The number of hydrogen-bond acceptors (Lipinski definition) is 5. The molecule has 0 spiro atoms. The number of hydrogen-bond donors (Lipinski definition) is 4. The Morgan fingerprint density at radius 2 is 1.89 bits per heavy atom. The lowest BCUT2D eigenvalue weighted by atomic mass is 9.96. The smallest absolute Gasteiger partial charge is 0.412 e. The maximum atomic E-state index is 12.3. The second-order valence-corrected chi connectivity index (χ2v) is 6.63. The molecule has 2 rings (SSSR count). The molecule has 0 aromatic heterocycles. The molecule has 142 valence electrons. The molecule has 0 radical (unpaired) electrons. The number of nitrogens with one attached hydrogen (secondary N) is 2. The summed E-state index contributed by atoms with van der Waals surface area (Å²) in [6.45, 7) is 1.71. The van der Waals surface area contributed by atoms with Crippen LogP contribution in [-0.4, -0.2) is 22.3 Å². The highest BCUT2D eigenvalue weighted by atomic mass is 79.9. The van der Waals surface area contributed by atoms with E-state index < -0.39 is 24.0 Å². The van der Waals surface area contributed by atoms with E-state index in [4.69, 9.17) is 9.94 Å². The summed E-state index contributed by atoms with van der Waals surface area (Å²) in [4.78, 5) is 23.6. The molecule has 2 aromatic rings. The monoisotopic (exact) mass is 434 g/mol. The molecule has 0 aliphatic rings. The van der Waals surface area contributed by atoms with Crippen molar-refractivity contribution >= 4 is 33.6 Å². The van der Waals surface area contributed by atoms with Crippen LogP contribution in [0.4, 0.5) is 10.5 Å². The van der Waals surface area contributed by atoms with Crippen LogP contribution in [-0.2, 0) is 9.53 Å². The van der Waals surface area contributed by atoms with Crippen LogP contribution in [0.5, 0.6) is 5.75 Å². The average molecular weight is 435 g/mol. The zero-order chi connectivity index (χ0) is 19.8. The summed E-state index contributed by atoms with van der Waals surface area (Å²) < 4.78 is 6.22. The Balaban J connectivity index is 2.26. The van der Waals surface area contributed by atoms with Crippen LogP contribution in [0.15, 0.2) is 65.2 Å². The molecule has 0 aliphatic carbocycles. The maximum Gasteiger partial charge on any atom is 0.412 e. The maximum absolute atomic E-state index is 12.3. The SMILES string of the molecule is C[C@@H](/C=C/C(=O)NO)[C@H](OC(=O)Nc1ccccc1)c1cc(Br)ccc1O. The van der Waals surface area contributed by atoms with Crippen LogP contribution in [0.1, 0.15) is 18.6 Å². The average Bonchev–Trinajstić information content (AvgIpc) is 2.66. The number of rotatable bonds is 6. The summed E-state index contributed by atoms with van der Waals surface area (Å²) in [7, 11) is 0.